The summed E-state index contributed by atoms with van der Waals surface area (Å²) in [5, 5.41) is 9.35. The van der Waals surface area contributed by atoms with Gasteiger partial charge in [-0.25, -0.2) is 0 Å². The molecule has 0 saturated heterocycles. The van der Waals surface area contributed by atoms with Crippen LogP contribution in [0.2, 0.25) is 0 Å². The van der Waals surface area contributed by atoms with Gasteiger partial charge in [-0.3, -0.25) is 9.36 Å². The first-order valence-corrected chi connectivity index (χ1v) is 10.2. The van der Waals surface area contributed by atoms with Crippen LogP contribution in [0, 0.1) is 0 Å². The highest BCUT2D eigenvalue weighted by molar-refractivity contribution is 7.99. The Morgan fingerprint density at radius 1 is 1.00 bits per heavy atom. The molecule has 0 fully saturated rings. The lowest BCUT2D eigenvalue weighted by Gasteiger charge is -2.11. The number of hydrogen-bond donors (Lipinski definition) is 0. The Kier molecular flexibility index (Phi) is 7.08. The van der Waals surface area contributed by atoms with Crippen LogP contribution in [-0.4, -0.2) is 39.7 Å². The molecular weight excluding hydrogens is 374 g/mol. The number of hydrogen-bond acceptors (Lipinski definition) is 6. The van der Waals surface area contributed by atoms with E-state index in [2.05, 4.69) is 22.3 Å². The molecule has 28 heavy (non-hydrogen) atoms. The van der Waals surface area contributed by atoms with E-state index in [4.69, 9.17) is 9.47 Å². The summed E-state index contributed by atoms with van der Waals surface area (Å²) in [6.45, 7) is 4.73. The number of carbonyl (C=O) groups excluding carboxylic acids is 1. The molecule has 0 unspecified atom stereocenters. The fraction of sp³-hybridized carbons (Fsp3) is 0.286. The lowest BCUT2D eigenvalue weighted by molar-refractivity contribution is -0.139. The molecule has 0 spiro atoms. The van der Waals surface area contributed by atoms with E-state index in [0.717, 1.165) is 22.8 Å². The van der Waals surface area contributed by atoms with Crippen molar-refractivity contribution in [3.05, 3.63) is 66.0 Å². The van der Waals surface area contributed by atoms with Crippen LogP contribution in [0.25, 0.3) is 5.69 Å². The van der Waals surface area contributed by atoms with Crippen LogP contribution in [0.4, 0.5) is 0 Å². The van der Waals surface area contributed by atoms with Crippen LogP contribution in [0.5, 0.6) is 5.75 Å². The Morgan fingerprint density at radius 2 is 1.75 bits per heavy atom. The Hall–Kier alpha value is -2.80. The molecule has 7 heteroatoms. The van der Waals surface area contributed by atoms with Gasteiger partial charge in [0, 0.05) is 12.1 Å². The fourth-order valence-corrected chi connectivity index (χ4v) is 3.50. The third-order valence-electron chi connectivity index (χ3n) is 3.94. The summed E-state index contributed by atoms with van der Waals surface area (Å²) < 4.78 is 12.5. The lowest BCUT2D eigenvalue weighted by Crippen LogP contribution is -2.08. The molecule has 0 aliphatic heterocycles. The normalized spacial score (nSPS) is 10.6. The van der Waals surface area contributed by atoms with Gasteiger partial charge in [0.2, 0.25) is 0 Å². The van der Waals surface area contributed by atoms with Gasteiger partial charge in [0.15, 0.2) is 5.16 Å². The highest BCUT2D eigenvalue weighted by Crippen LogP contribution is 2.25. The Morgan fingerprint density at radius 3 is 2.43 bits per heavy atom. The maximum Gasteiger partial charge on any atom is 0.316 e. The van der Waals surface area contributed by atoms with E-state index in [-0.39, 0.29) is 11.7 Å². The van der Waals surface area contributed by atoms with Crippen molar-refractivity contribution in [1.29, 1.82) is 0 Å². The summed E-state index contributed by atoms with van der Waals surface area (Å²) >= 11 is 1.32. The summed E-state index contributed by atoms with van der Waals surface area (Å²) in [6.07, 6.45) is 0.640. The van der Waals surface area contributed by atoms with E-state index < -0.39 is 0 Å². The summed E-state index contributed by atoms with van der Waals surface area (Å²) in [5.74, 6) is 1.54. The minimum absolute atomic E-state index is 0.189. The van der Waals surface area contributed by atoms with Gasteiger partial charge in [-0.2, -0.15) is 0 Å². The van der Waals surface area contributed by atoms with Crippen LogP contribution < -0.4 is 4.74 Å². The average Bonchev–Trinajstić information content (AvgIpc) is 3.11. The first-order valence-electron chi connectivity index (χ1n) is 9.21. The number of carbonyl (C=O) groups is 1. The smallest absolute Gasteiger partial charge is 0.316 e. The molecule has 0 saturated carbocycles. The minimum Gasteiger partial charge on any atom is -0.494 e. The zero-order chi connectivity index (χ0) is 19.8. The zero-order valence-electron chi connectivity index (χ0n) is 16.0. The van der Waals surface area contributed by atoms with Crippen LogP contribution >= 0.6 is 11.8 Å². The van der Waals surface area contributed by atoms with Crippen molar-refractivity contribution in [3.8, 4) is 11.4 Å². The Bertz CT molecular complexity index is 895. The molecule has 3 aromatic rings. The van der Waals surface area contributed by atoms with E-state index in [1.54, 1.807) is 6.92 Å². The molecule has 1 heterocycles. The lowest BCUT2D eigenvalue weighted by atomic mass is 10.1. The molecule has 2 aromatic carbocycles. The van der Waals surface area contributed by atoms with E-state index in [0.29, 0.717) is 24.8 Å². The van der Waals surface area contributed by atoms with E-state index in [9.17, 15) is 4.79 Å². The number of ether oxygens (including phenoxy) is 2. The summed E-state index contributed by atoms with van der Waals surface area (Å²) in [5.41, 5.74) is 2.06. The van der Waals surface area contributed by atoms with Gasteiger partial charge in [0.1, 0.15) is 11.6 Å². The number of rotatable bonds is 9. The zero-order valence-corrected chi connectivity index (χ0v) is 16.8. The van der Waals surface area contributed by atoms with Crippen LogP contribution in [0.15, 0.2) is 59.8 Å². The topological polar surface area (TPSA) is 66.2 Å². The summed E-state index contributed by atoms with van der Waals surface area (Å²) in [7, 11) is 0. The molecule has 146 valence electrons. The second kappa shape index (κ2) is 9.94. The number of thioether (sulfide) groups is 1. The van der Waals surface area contributed by atoms with Crippen molar-refractivity contribution in [2.75, 3.05) is 19.0 Å². The fourth-order valence-electron chi connectivity index (χ4n) is 2.73. The van der Waals surface area contributed by atoms with Gasteiger partial charge in [0.25, 0.3) is 0 Å². The standard InChI is InChI=1S/C21H23N3O3S/c1-3-26-18-12-10-17(11-13-18)24-19(14-16-8-6-5-7-9-16)22-23-21(24)28-15-20(25)27-4-2/h5-13H,3-4,14-15H2,1-2H3. The molecule has 0 aliphatic carbocycles. The molecule has 0 aliphatic rings. The SMILES string of the molecule is CCOC(=O)CSc1nnc(Cc2ccccc2)n1-c1ccc(OCC)cc1. The van der Waals surface area contributed by atoms with Gasteiger partial charge in [0.05, 0.1) is 19.0 Å². The second-order valence-corrected chi connectivity index (χ2v) is 6.86. The second-order valence-electron chi connectivity index (χ2n) is 5.92. The number of nitrogens with zero attached hydrogens (tertiary/aromatic N) is 3. The van der Waals surface area contributed by atoms with Gasteiger partial charge in [-0.15, -0.1) is 10.2 Å². The monoisotopic (exact) mass is 397 g/mol. The van der Waals surface area contributed by atoms with Crippen molar-refractivity contribution in [2.24, 2.45) is 0 Å². The summed E-state index contributed by atoms with van der Waals surface area (Å²) in [6, 6.07) is 17.9. The predicted molar refractivity (Wildman–Crippen MR) is 109 cm³/mol. The van der Waals surface area contributed by atoms with Crippen LogP contribution in [-0.2, 0) is 16.0 Å². The van der Waals surface area contributed by atoms with Crippen LogP contribution in [0.3, 0.4) is 0 Å². The Balaban J connectivity index is 1.90. The molecule has 3 rings (SSSR count). The molecule has 0 amide bonds. The van der Waals surface area contributed by atoms with Gasteiger partial charge < -0.3 is 9.47 Å². The maximum absolute atomic E-state index is 11.8. The number of esters is 1. The van der Waals surface area contributed by atoms with Crippen LogP contribution in [0.1, 0.15) is 25.2 Å². The van der Waals surface area contributed by atoms with E-state index in [1.165, 1.54) is 11.8 Å². The Labute approximate surface area is 168 Å². The van der Waals surface area contributed by atoms with Crippen molar-refractivity contribution in [1.82, 2.24) is 14.8 Å². The average molecular weight is 398 g/mol. The molecule has 1 aromatic heterocycles. The summed E-state index contributed by atoms with van der Waals surface area (Å²) in [4.78, 5) is 11.8. The van der Waals surface area contributed by atoms with Crippen molar-refractivity contribution < 1.29 is 14.3 Å². The molecule has 0 radical (unpaired) electrons. The number of benzene rings is 2. The highest BCUT2D eigenvalue weighted by Gasteiger charge is 2.16. The molecule has 6 nitrogen and oxygen atoms in total. The van der Waals surface area contributed by atoms with E-state index in [1.807, 2.05) is 54.0 Å². The third-order valence-corrected chi connectivity index (χ3v) is 4.84. The maximum atomic E-state index is 11.8. The molecule has 0 N–H and O–H groups in total. The van der Waals surface area contributed by atoms with Crippen molar-refractivity contribution in [3.63, 3.8) is 0 Å². The number of aromatic nitrogens is 3. The first-order chi connectivity index (χ1) is 13.7. The van der Waals surface area contributed by atoms with Gasteiger partial charge in [-0.1, -0.05) is 42.1 Å². The van der Waals surface area contributed by atoms with Crippen molar-refractivity contribution >= 4 is 17.7 Å². The molecule has 0 atom stereocenters. The van der Waals surface area contributed by atoms with Gasteiger partial charge >= 0.3 is 5.97 Å². The molecular formula is C21H23N3O3S. The molecule has 0 bridgehead atoms. The third kappa shape index (κ3) is 5.13. The highest BCUT2D eigenvalue weighted by atomic mass is 32.2. The minimum atomic E-state index is -0.265. The largest absolute Gasteiger partial charge is 0.494 e. The quantitative estimate of drug-likeness (QED) is 0.403. The van der Waals surface area contributed by atoms with Gasteiger partial charge in [-0.05, 0) is 43.7 Å². The van der Waals surface area contributed by atoms with Crippen molar-refractivity contribution in [2.45, 2.75) is 25.4 Å². The van der Waals surface area contributed by atoms with E-state index >= 15 is 0 Å². The predicted octanol–water partition coefficient (Wildman–Crippen LogP) is 3.91. The first kappa shape index (κ1) is 19.9.